The highest BCUT2D eigenvalue weighted by atomic mass is 32.2. The molecule has 10 nitrogen and oxygen atoms in total. The van der Waals surface area contributed by atoms with Gasteiger partial charge in [-0.3, -0.25) is 24.0 Å². The molecule has 0 fully saturated rings. The number of hydrogen-bond donors (Lipinski definition) is 5. The first kappa shape index (κ1) is 36.8. The minimum Gasteiger partial charge on any atom is -0.480 e. The summed E-state index contributed by atoms with van der Waals surface area (Å²) in [4.78, 5) is 53.6. The number of nitrogens with one attached hydrogen (secondary N) is 2. The summed E-state index contributed by atoms with van der Waals surface area (Å²) in [5.41, 5.74) is 5.14. The van der Waals surface area contributed by atoms with Crippen LogP contribution in [0.5, 0.6) is 0 Å². The summed E-state index contributed by atoms with van der Waals surface area (Å²) in [6, 6.07) is -3.85. The minimum absolute atomic E-state index is 0.596. The van der Waals surface area contributed by atoms with E-state index in [1.807, 2.05) is 0 Å². The van der Waals surface area contributed by atoms with Gasteiger partial charge in [0.25, 0.3) is 0 Å². The SMILES string of the molecule is N[C@@H](CCC(=O)N[C@@H](CS/C(=C/C=O)C(F)(F)C(F)(F)C(F)(F)C(F)(F)C(F)(F)F)C(=O)NCC(=O)O)C(=O)O. The summed E-state index contributed by atoms with van der Waals surface area (Å²) in [5.74, 6) is -37.2. The number of allylic oxidation sites excluding steroid dienone is 2. The van der Waals surface area contributed by atoms with Crippen LogP contribution in [-0.2, 0) is 24.0 Å². The second-order valence-corrected chi connectivity index (χ2v) is 8.55. The predicted octanol–water partition coefficient (Wildman–Crippen LogP) is 1.78. The zero-order valence-electron chi connectivity index (χ0n) is 19.2. The van der Waals surface area contributed by atoms with Crippen molar-refractivity contribution in [2.45, 2.75) is 54.8 Å². The lowest BCUT2D eigenvalue weighted by molar-refractivity contribution is -0.417. The van der Waals surface area contributed by atoms with Crippen molar-refractivity contribution in [1.82, 2.24) is 10.6 Å². The Bertz CT molecular complexity index is 1010. The monoisotopic (exact) mass is 629 g/mol. The largest absolute Gasteiger partial charge is 0.480 e. The van der Waals surface area contributed by atoms with Gasteiger partial charge >= 0.3 is 41.8 Å². The van der Waals surface area contributed by atoms with E-state index in [0.717, 1.165) is 0 Å². The van der Waals surface area contributed by atoms with Gasteiger partial charge in [-0.2, -0.15) is 48.3 Å². The molecular weight excluding hydrogens is 611 g/mol. The molecule has 0 rings (SSSR count). The van der Waals surface area contributed by atoms with E-state index >= 15 is 0 Å². The van der Waals surface area contributed by atoms with Crippen LogP contribution in [0.1, 0.15) is 12.8 Å². The summed E-state index contributed by atoms with van der Waals surface area (Å²) in [6.07, 6.45) is -10.2. The molecule has 0 saturated heterocycles. The van der Waals surface area contributed by atoms with Crippen molar-refractivity contribution in [3.05, 3.63) is 11.0 Å². The zero-order valence-corrected chi connectivity index (χ0v) is 20.0. The van der Waals surface area contributed by atoms with Crippen molar-refractivity contribution < 1.29 is 82.5 Å². The molecule has 0 bridgehead atoms. The van der Waals surface area contributed by atoms with Gasteiger partial charge in [-0.15, -0.1) is 11.8 Å². The molecule has 2 amide bonds. The first-order valence-corrected chi connectivity index (χ1v) is 11.0. The van der Waals surface area contributed by atoms with Crippen LogP contribution in [0.3, 0.4) is 0 Å². The molecule has 0 heterocycles. The number of hydrogen-bond acceptors (Lipinski definition) is 7. The summed E-state index contributed by atoms with van der Waals surface area (Å²) in [5, 5.41) is 20.6. The Kier molecular flexibility index (Phi) is 12.4. The van der Waals surface area contributed by atoms with Gasteiger partial charge in [0.15, 0.2) is 0 Å². The normalized spacial score (nSPS) is 15.2. The van der Waals surface area contributed by atoms with E-state index in [1.165, 1.54) is 0 Å². The Balaban J connectivity index is 6.19. The van der Waals surface area contributed by atoms with Crippen LogP contribution in [-0.4, -0.2) is 94.5 Å². The summed E-state index contributed by atoms with van der Waals surface area (Å²) in [7, 11) is 0. The minimum atomic E-state index is -7.79. The maximum Gasteiger partial charge on any atom is 0.460 e. The van der Waals surface area contributed by atoms with Crippen LogP contribution in [0.4, 0.5) is 48.3 Å². The van der Waals surface area contributed by atoms with Gasteiger partial charge in [0.1, 0.15) is 24.9 Å². The fraction of sp³-hybridized carbons (Fsp3) is 0.611. The molecular formula is C18H18F11N3O7S. The molecule has 0 aromatic heterocycles. The molecule has 2 atom stereocenters. The number of carbonyl (C=O) groups is 5. The van der Waals surface area contributed by atoms with E-state index < -0.39 is 120 Å². The molecule has 0 aliphatic carbocycles. The van der Waals surface area contributed by atoms with Crippen LogP contribution in [0.15, 0.2) is 11.0 Å². The number of halogens is 11. The van der Waals surface area contributed by atoms with Crippen molar-refractivity contribution in [1.29, 1.82) is 0 Å². The average Bonchev–Trinajstić information content (AvgIpc) is 2.81. The molecule has 0 spiro atoms. The van der Waals surface area contributed by atoms with E-state index in [9.17, 15) is 72.3 Å². The Morgan fingerprint density at radius 3 is 1.82 bits per heavy atom. The maximum atomic E-state index is 14.4. The summed E-state index contributed by atoms with van der Waals surface area (Å²) < 4.78 is 147. The second kappa shape index (κ2) is 13.5. The van der Waals surface area contributed by atoms with Gasteiger partial charge in [-0.25, -0.2) is 0 Å². The first-order chi connectivity index (χ1) is 17.9. The lowest BCUT2D eigenvalue weighted by atomic mass is 9.97. The molecule has 230 valence electrons. The van der Waals surface area contributed by atoms with Gasteiger partial charge in [-0.05, 0) is 12.5 Å². The lowest BCUT2D eigenvalue weighted by Crippen LogP contribution is -2.66. The van der Waals surface area contributed by atoms with Crippen LogP contribution in [0.25, 0.3) is 0 Å². The number of amides is 2. The molecule has 0 aliphatic heterocycles. The standard InChI is InChI=1S/C18H18F11N3O7S/c19-14(20,15(21,22)16(23,24)17(25,26)18(27,28)29)9(3-4-33)40-6-8(12(37)31-5-11(35)36)32-10(34)2-1-7(30)13(38)39/h3-4,7-8H,1-2,5-6,30H2,(H,31,37)(H,32,34)(H,35,36)(H,38,39)/b9-3+/t7-,8-/m0/s1. The number of aldehydes is 1. The van der Waals surface area contributed by atoms with Crippen LogP contribution >= 0.6 is 11.8 Å². The van der Waals surface area contributed by atoms with Crippen molar-refractivity contribution >= 4 is 41.8 Å². The Morgan fingerprint density at radius 2 is 1.40 bits per heavy atom. The molecule has 0 saturated carbocycles. The molecule has 0 unspecified atom stereocenters. The van der Waals surface area contributed by atoms with E-state index in [2.05, 4.69) is 0 Å². The molecule has 0 aromatic carbocycles. The number of carboxylic acid groups (broad SMARTS) is 2. The highest BCUT2D eigenvalue weighted by molar-refractivity contribution is 8.03. The lowest BCUT2D eigenvalue weighted by Gasteiger charge is -2.37. The van der Waals surface area contributed by atoms with Gasteiger partial charge in [-0.1, -0.05) is 0 Å². The Labute approximate surface area is 219 Å². The van der Waals surface area contributed by atoms with Crippen LogP contribution in [0.2, 0.25) is 0 Å². The highest BCUT2D eigenvalue weighted by Gasteiger charge is 2.87. The number of aliphatic carboxylic acids is 2. The average molecular weight is 629 g/mol. The fourth-order valence-electron chi connectivity index (χ4n) is 2.35. The number of nitrogens with two attached hydrogens (primary N) is 1. The third-order valence-corrected chi connectivity index (χ3v) is 5.74. The van der Waals surface area contributed by atoms with E-state index in [0.29, 0.717) is 0 Å². The first-order valence-electron chi connectivity index (χ1n) is 10.0. The third kappa shape index (κ3) is 8.41. The fourth-order valence-corrected chi connectivity index (χ4v) is 3.39. The molecule has 40 heavy (non-hydrogen) atoms. The van der Waals surface area contributed by atoms with Gasteiger partial charge in [0.05, 0.1) is 4.91 Å². The topological polar surface area (TPSA) is 176 Å². The van der Waals surface area contributed by atoms with Crippen molar-refractivity contribution in [3.8, 4) is 0 Å². The molecule has 6 N–H and O–H groups in total. The van der Waals surface area contributed by atoms with Gasteiger partial charge in [0.2, 0.25) is 11.8 Å². The third-order valence-electron chi connectivity index (χ3n) is 4.54. The number of carbonyl (C=O) groups excluding carboxylic acids is 3. The molecule has 0 radical (unpaired) electrons. The number of alkyl halides is 11. The smallest absolute Gasteiger partial charge is 0.460 e. The van der Waals surface area contributed by atoms with Crippen molar-refractivity contribution in [3.63, 3.8) is 0 Å². The maximum absolute atomic E-state index is 14.4. The van der Waals surface area contributed by atoms with Crippen molar-refractivity contribution in [2.75, 3.05) is 12.3 Å². The van der Waals surface area contributed by atoms with Gasteiger partial charge < -0.3 is 26.6 Å². The number of rotatable bonds is 16. The van der Waals surface area contributed by atoms with E-state index in [4.69, 9.17) is 15.9 Å². The molecule has 0 aliphatic rings. The van der Waals surface area contributed by atoms with Crippen LogP contribution < -0.4 is 16.4 Å². The van der Waals surface area contributed by atoms with E-state index in [1.54, 1.807) is 10.6 Å². The summed E-state index contributed by atoms with van der Waals surface area (Å²) in [6.45, 7) is -1.19. The highest BCUT2D eigenvalue weighted by Crippen LogP contribution is 2.59. The quantitative estimate of drug-likeness (QED) is 0.0968. The molecule has 0 aromatic rings. The number of thioether (sulfide) groups is 1. The van der Waals surface area contributed by atoms with Crippen LogP contribution in [0, 0.1) is 0 Å². The Hall–Kier alpha value is -3.17. The summed E-state index contributed by atoms with van der Waals surface area (Å²) >= 11 is -0.845. The van der Waals surface area contributed by atoms with Gasteiger partial charge in [0, 0.05) is 12.2 Å². The van der Waals surface area contributed by atoms with E-state index in [-0.39, 0.29) is 0 Å². The number of carboxylic acids is 2. The zero-order chi connectivity index (χ0) is 31.9. The predicted molar refractivity (Wildman–Crippen MR) is 110 cm³/mol. The second-order valence-electron chi connectivity index (χ2n) is 7.49. The van der Waals surface area contributed by atoms with Crippen molar-refractivity contribution in [2.24, 2.45) is 5.73 Å². The Morgan fingerprint density at radius 1 is 0.875 bits per heavy atom. The molecule has 22 heteroatoms.